The average molecular weight is 428 g/mol. The summed E-state index contributed by atoms with van der Waals surface area (Å²) in [5.41, 5.74) is 0.847. The van der Waals surface area contributed by atoms with E-state index in [2.05, 4.69) is 28.6 Å². The fraction of sp³-hybridized carbons (Fsp3) is 0.571. The van der Waals surface area contributed by atoms with Gasteiger partial charge in [-0.2, -0.15) is 0 Å². The molecule has 1 aromatic carbocycles. The van der Waals surface area contributed by atoms with Crippen molar-refractivity contribution in [3.63, 3.8) is 0 Å². The van der Waals surface area contributed by atoms with Crippen molar-refractivity contribution in [3.05, 3.63) is 46.0 Å². The number of carbonyl (C=O) groups is 1. The van der Waals surface area contributed by atoms with Crippen molar-refractivity contribution < 1.29 is 14.5 Å². The van der Waals surface area contributed by atoms with Gasteiger partial charge in [0.1, 0.15) is 17.8 Å². The summed E-state index contributed by atoms with van der Waals surface area (Å²) >= 11 is 0. The van der Waals surface area contributed by atoms with Crippen LogP contribution in [0.4, 0.5) is 11.4 Å². The molecule has 10 nitrogen and oxygen atoms in total. The van der Waals surface area contributed by atoms with Crippen LogP contribution in [0, 0.1) is 10.1 Å². The monoisotopic (exact) mass is 428 g/mol. The van der Waals surface area contributed by atoms with Crippen molar-refractivity contribution in [2.75, 3.05) is 44.3 Å². The number of amides is 1. The van der Waals surface area contributed by atoms with E-state index in [1.807, 2.05) is 4.90 Å². The van der Waals surface area contributed by atoms with Crippen LogP contribution in [0.15, 0.2) is 24.5 Å². The standard InChI is InChI=1S/C21H28N6O4/c1-15(2)26-14-22-23-20(26)17-4-3-7-25(13-17)18-6-5-16(12-19(18)27(29)30)21(28)24-8-10-31-11-9-24/h5-6,12,14-15,17H,3-4,7-11,13H2,1-2H3. The molecule has 2 saturated heterocycles. The molecule has 1 aromatic heterocycles. The van der Waals surface area contributed by atoms with Crippen LogP contribution in [0.3, 0.4) is 0 Å². The summed E-state index contributed by atoms with van der Waals surface area (Å²) in [5, 5.41) is 20.3. The SMILES string of the molecule is CC(C)n1cnnc1C1CCCN(c2ccc(C(=O)N3CCOCC3)cc2[N+](=O)[O-])C1. The van der Waals surface area contributed by atoms with E-state index < -0.39 is 4.92 Å². The Hall–Kier alpha value is -3.01. The van der Waals surface area contributed by atoms with Gasteiger partial charge in [-0.3, -0.25) is 14.9 Å². The van der Waals surface area contributed by atoms with Crippen LogP contribution in [0.2, 0.25) is 0 Å². The van der Waals surface area contributed by atoms with Gasteiger partial charge in [-0.1, -0.05) is 0 Å². The Morgan fingerprint density at radius 2 is 2.03 bits per heavy atom. The molecular formula is C21H28N6O4. The maximum absolute atomic E-state index is 12.8. The van der Waals surface area contributed by atoms with Crippen LogP contribution < -0.4 is 4.90 Å². The zero-order chi connectivity index (χ0) is 22.0. The van der Waals surface area contributed by atoms with E-state index in [-0.39, 0.29) is 23.6 Å². The molecule has 0 saturated carbocycles. The van der Waals surface area contributed by atoms with E-state index in [0.29, 0.717) is 44.1 Å². The largest absolute Gasteiger partial charge is 0.378 e. The van der Waals surface area contributed by atoms with Gasteiger partial charge in [0.2, 0.25) is 0 Å². The second kappa shape index (κ2) is 9.01. The maximum atomic E-state index is 12.8. The number of morpholine rings is 1. The smallest absolute Gasteiger partial charge is 0.293 e. The number of nitro benzene ring substituents is 1. The van der Waals surface area contributed by atoms with Crippen molar-refractivity contribution in [1.82, 2.24) is 19.7 Å². The highest BCUT2D eigenvalue weighted by molar-refractivity contribution is 5.96. The Labute approximate surface area is 180 Å². The number of hydrogen-bond acceptors (Lipinski definition) is 7. The Morgan fingerprint density at radius 1 is 1.26 bits per heavy atom. The summed E-state index contributed by atoms with van der Waals surface area (Å²) in [6.07, 6.45) is 3.61. The Bertz CT molecular complexity index is 953. The summed E-state index contributed by atoms with van der Waals surface area (Å²) in [7, 11) is 0. The number of carbonyl (C=O) groups excluding carboxylic acids is 1. The first-order valence-electron chi connectivity index (χ1n) is 10.8. The van der Waals surface area contributed by atoms with Crippen LogP contribution in [0.5, 0.6) is 0 Å². The van der Waals surface area contributed by atoms with Gasteiger partial charge in [0.05, 0.1) is 18.1 Å². The van der Waals surface area contributed by atoms with Gasteiger partial charge in [-0.15, -0.1) is 10.2 Å². The third-order valence-corrected chi connectivity index (χ3v) is 6.00. The molecule has 0 aliphatic carbocycles. The van der Waals surface area contributed by atoms with Crippen LogP contribution in [-0.2, 0) is 4.74 Å². The van der Waals surface area contributed by atoms with Gasteiger partial charge >= 0.3 is 0 Å². The number of piperidine rings is 1. The summed E-state index contributed by atoms with van der Waals surface area (Å²) in [6.45, 7) is 7.50. The molecule has 0 radical (unpaired) electrons. The van der Waals surface area contributed by atoms with Gasteiger partial charge in [0.15, 0.2) is 0 Å². The van der Waals surface area contributed by atoms with E-state index in [1.165, 1.54) is 6.07 Å². The molecule has 0 spiro atoms. The minimum absolute atomic E-state index is 0.0370. The van der Waals surface area contributed by atoms with E-state index >= 15 is 0 Å². The fourth-order valence-electron chi connectivity index (χ4n) is 4.37. The number of anilines is 1. The lowest BCUT2D eigenvalue weighted by Gasteiger charge is -2.34. The lowest BCUT2D eigenvalue weighted by Crippen LogP contribution is -2.40. The predicted octanol–water partition coefficient (Wildman–Crippen LogP) is 2.62. The molecule has 2 aromatic rings. The average Bonchev–Trinajstić information content (AvgIpc) is 3.29. The first kappa shape index (κ1) is 21.2. The number of nitro groups is 1. The molecule has 166 valence electrons. The molecular weight excluding hydrogens is 400 g/mol. The number of nitrogens with zero attached hydrogens (tertiary/aromatic N) is 6. The van der Waals surface area contributed by atoms with Crippen LogP contribution >= 0.6 is 0 Å². The van der Waals surface area contributed by atoms with Crippen molar-refractivity contribution in [1.29, 1.82) is 0 Å². The fourth-order valence-corrected chi connectivity index (χ4v) is 4.37. The minimum atomic E-state index is -0.397. The lowest BCUT2D eigenvalue weighted by atomic mass is 9.96. The molecule has 10 heteroatoms. The number of benzene rings is 1. The van der Waals surface area contributed by atoms with Crippen LogP contribution in [0.25, 0.3) is 0 Å². The van der Waals surface area contributed by atoms with Gasteiger partial charge in [0.25, 0.3) is 11.6 Å². The summed E-state index contributed by atoms with van der Waals surface area (Å²) in [5.74, 6) is 0.869. The topological polar surface area (TPSA) is 107 Å². The molecule has 2 fully saturated rings. The van der Waals surface area contributed by atoms with E-state index in [9.17, 15) is 14.9 Å². The molecule has 1 atom stereocenters. The molecule has 3 heterocycles. The Balaban J connectivity index is 1.58. The molecule has 2 aliphatic rings. The second-order valence-corrected chi connectivity index (χ2v) is 8.34. The van der Waals surface area contributed by atoms with Gasteiger partial charge in [-0.05, 0) is 38.8 Å². The zero-order valence-corrected chi connectivity index (χ0v) is 17.9. The summed E-state index contributed by atoms with van der Waals surface area (Å²) in [4.78, 5) is 28.0. The molecule has 31 heavy (non-hydrogen) atoms. The highest BCUT2D eigenvalue weighted by Crippen LogP contribution is 2.35. The van der Waals surface area contributed by atoms with E-state index in [0.717, 1.165) is 25.2 Å². The third-order valence-electron chi connectivity index (χ3n) is 6.00. The Kier molecular flexibility index (Phi) is 6.17. The quantitative estimate of drug-likeness (QED) is 0.532. The molecule has 1 unspecified atom stereocenters. The number of rotatable bonds is 5. The second-order valence-electron chi connectivity index (χ2n) is 8.34. The van der Waals surface area contributed by atoms with Crippen molar-refractivity contribution in [2.45, 2.75) is 38.6 Å². The first-order valence-corrected chi connectivity index (χ1v) is 10.8. The third kappa shape index (κ3) is 4.39. The highest BCUT2D eigenvalue weighted by atomic mass is 16.6. The van der Waals surface area contributed by atoms with Gasteiger partial charge in [-0.25, -0.2) is 0 Å². The normalized spacial score (nSPS) is 19.6. The van der Waals surface area contributed by atoms with E-state index in [1.54, 1.807) is 23.4 Å². The maximum Gasteiger partial charge on any atom is 0.293 e. The number of aromatic nitrogens is 3. The minimum Gasteiger partial charge on any atom is -0.378 e. The highest BCUT2D eigenvalue weighted by Gasteiger charge is 2.30. The number of hydrogen-bond donors (Lipinski definition) is 0. The van der Waals surface area contributed by atoms with E-state index in [4.69, 9.17) is 4.74 Å². The molecule has 2 aliphatic heterocycles. The Morgan fingerprint density at radius 3 is 2.74 bits per heavy atom. The van der Waals surface area contributed by atoms with Crippen LogP contribution in [0.1, 0.15) is 54.8 Å². The van der Waals surface area contributed by atoms with Crippen molar-refractivity contribution in [2.24, 2.45) is 0 Å². The molecule has 1 amide bonds. The molecule has 4 rings (SSSR count). The first-order chi connectivity index (χ1) is 15.0. The van der Waals surface area contributed by atoms with Crippen LogP contribution in [-0.4, -0.2) is 69.9 Å². The predicted molar refractivity (Wildman–Crippen MR) is 114 cm³/mol. The van der Waals surface area contributed by atoms with Crippen molar-refractivity contribution in [3.8, 4) is 0 Å². The van der Waals surface area contributed by atoms with Gasteiger partial charge < -0.3 is 19.1 Å². The lowest BCUT2D eigenvalue weighted by molar-refractivity contribution is -0.384. The molecule has 0 bridgehead atoms. The summed E-state index contributed by atoms with van der Waals surface area (Å²) < 4.78 is 7.35. The van der Waals surface area contributed by atoms with Gasteiger partial charge in [0, 0.05) is 49.8 Å². The zero-order valence-electron chi connectivity index (χ0n) is 17.9. The summed E-state index contributed by atoms with van der Waals surface area (Å²) in [6, 6.07) is 5.06. The molecule has 0 N–H and O–H groups in total. The number of ether oxygens (including phenoxy) is 1. The van der Waals surface area contributed by atoms with Crippen molar-refractivity contribution >= 4 is 17.3 Å².